The number of aromatic nitrogens is 2. The van der Waals surface area contributed by atoms with Crippen molar-refractivity contribution >= 4 is 16.9 Å². The van der Waals surface area contributed by atoms with Gasteiger partial charge in [-0.15, -0.1) is 0 Å². The molecule has 0 radical (unpaired) electrons. The lowest BCUT2D eigenvalue weighted by atomic mass is 10.2. The van der Waals surface area contributed by atoms with E-state index in [1.807, 2.05) is 24.3 Å². The lowest BCUT2D eigenvalue weighted by molar-refractivity contribution is 0.0853. The largest absolute Gasteiger partial charge is 0.376 e. The highest BCUT2D eigenvalue weighted by atomic mass is 16.5. The van der Waals surface area contributed by atoms with Crippen molar-refractivity contribution in [3.8, 4) is 0 Å². The van der Waals surface area contributed by atoms with E-state index in [9.17, 15) is 4.79 Å². The van der Waals surface area contributed by atoms with Crippen LogP contribution in [0.4, 0.5) is 0 Å². The van der Waals surface area contributed by atoms with Crippen LogP contribution in [-0.4, -0.2) is 35.1 Å². The van der Waals surface area contributed by atoms with Crippen molar-refractivity contribution in [1.29, 1.82) is 0 Å². The van der Waals surface area contributed by atoms with E-state index in [1.54, 1.807) is 0 Å². The smallest absolute Gasteiger partial charge is 0.271 e. The number of nitrogens with zero attached hydrogens (tertiary/aromatic N) is 2. The normalized spacial score (nSPS) is 18.6. The third kappa shape index (κ3) is 2.71. The van der Waals surface area contributed by atoms with Crippen molar-refractivity contribution < 1.29 is 9.53 Å². The zero-order chi connectivity index (χ0) is 13.1. The Labute approximate surface area is 111 Å². The van der Waals surface area contributed by atoms with Crippen molar-refractivity contribution in [2.24, 2.45) is 0 Å². The molecule has 5 nitrogen and oxygen atoms in total. The molecule has 0 unspecified atom stereocenters. The summed E-state index contributed by atoms with van der Waals surface area (Å²) >= 11 is 0. The standard InChI is InChI=1S/C14H15N3O2/c18-14(16-8-10-4-3-7-19-10)13-9-15-11-5-1-2-6-12(11)17-13/h1-2,5-6,9-10H,3-4,7-8H2,(H,16,18)/t10-/m1/s1. The molecule has 1 fully saturated rings. The molecule has 0 aliphatic carbocycles. The second-order valence-corrected chi connectivity index (χ2v) is 4.59. The van der Waals surface area contributed by atoms with Crippen molar-refractivity contribution in [2.75, 3.05) is 13.2 Å². The fourth-order valence-electron chi connectivity index (χ4n) is 2.17. The number of para-hydroxylation sites is 2. The summed E-state index contributed by atoms with van der Waals surface area (Å²) in [5, 5.41) is 2.84. The second-order valence-electron chi connectivity index (χ2n) is 4.59. The number of carbonyl (C=O) groups excluding carboxylic acids is 1. The van der Waals surface area contributed by atoms with Crippen molar-refractivity contribution in [1.82, 2.24) is 15.3 Å². The fourth-order valence-corrected chi connectivity index (χ4v) is 2.17. The molecule has 2 heterocycles. The minimum absolute atomic E-state index is 0.136. The molecule has 5 heteroatoms. The van der Waals surface area contributed by atoms with Crippen LogP contribution in [0.15, 0.2) is 30.5 Å². The summed E-state index contributed by atoms with van der Waals surface area (Å²) in [7, 11) is 0. The lowest BCUT2D eigenvalue weighted by Gasteiger charge is -2.10. The van der Waals surface area contributed by atoms with Gasteiger partial charge in [-0.3, -0.25) is 9.78 Å². The highest BCUT2D eigenvalue weighted by molar-refractivity contribution is 5.93. The summed E-state index contributed by atoms with van der Waals surface area (Å²) in [6.45, 7) is 1.32. The summed E-state index contributed by atoms with van der Waals surface area (Å²) < 4.78 is 5.46. The first-order chi connectivity index (χ1) is 9.33. The van der Waals surface area contributed by atoms with Gasteiger partial charge in [0.2, 0.25) is 0 Å². The van der Waals surface area contributed by atoms with Gasteiger partial charge in [0.25, 0.3) is 5.91 Å². The Bertz CT molecular complexity index is 594. The highest BCUT2D eigenvalue weighted by Gasteiger charge is 2.17. The number of hydrogen-bond donors (Lipinski definition) is 1. The summed E-state index contributed by atoms with van der Waals surface area (Å²) in [5.74, 6) is -0.200. The van der Waals surface area contributed by atoms with Crippen LogP contribution in [0.25, 0.3) is 11.0 Å². The molecule has 1 aliphatic heterocycles. The van der Waals surface area contributed by atoms with E-state index >= 15 is 0 Å². The molecule has 1 aromatic carbocycles. The first-order valence-corrected chi connectivity index (χ1v) is 6.44. The molecule has 98 valence electrons. The van der Waals surface area contributed by atoms with Crippen LogP contribution in [-0.2, 0) is 4.74 Å². The number of hydrogen-bond acceptors (Lipinski definition) is 4. The Kier molecular flexibility index (Phi) is 3.37. The summed E-state index contributed by atoms with van der Waals surface area (Å²) in [4.78, 5) is 20.5. The van der Waals surface area contributed by atoms with E-state index in [1.165, 1.54) is 6.20 Å². The van der Waals surface area contributed by atoms with E-state index in [0.717, 1.165) is 30.5 Å². The first kappa shape index (κ1) is 12.0. The van der Waals surface area contributed by atoms with Gasteiger partial charge in [-0.1, -0.05) is 12.1 Å². The number of fused-ring (bicyclic) bond motifs is 1. The maximum Gasteiger partial charge on any atom is 0.271 e. The van der Waals surface area contributed by atoms with Crippen molar-refractivity contribution in [2.45, 2.75) is 18.9 Å². The van der Waals surface area contributed by atoms with Crippen LogP contribution in [0.1, 0.15) is 23.3 Å². The molecule has 0 bridgehead atoms. The fraction of sp³-hybridized carbons (Fsp3) is 0.357. The zero-order valence-corrected chi connectivity index (χ0v) is 10.5. The molecular formula is C14H15N3O2. The summed E-state index contributed by atoms with van der Waals surface area (Å²) in [5.41, 5.74) is 1.86. The van der Waals surface area contributed by atoms with Gasteiger partial charge in [-0.05, 0) is 25.0 Å². The summed E-state index contributed by atoms with van der Waals surface area (Å²) in [6.07, 6.45) is 3.71. The minimum atomic E-state index is -0.200. The molecule has 3 rings (SSSR count). The minimum Gasteiger partial charge on any atom is -0.376 e. The van der Waals surface area contributed by atoms with Gasteiger partial charge in [0.1, 0.15) is 5.69 Å². The Morgan fingerprint density at radius 2 is 2.21 bits per heavy atom. The van der Waals surface area contributed by atoms with Crippen LogP contribution < -0.4 is 5.32 Å². The maximum absolute atomic E-state index is 12.0. The number of rotatable bonds is 3. The number of nitrogens with one attached hydrogen (secondary N) is 1. The van der Waals surface area contributed by atoms with Gasteiger partial charge in [0.15, 0.2) is 0 Å². The number of carbonyl (C=O) groups is 1. The molecule has 1 aromatic heterocycles. The Morgan fingerprint density at radius 3 is 3.00 bits per heavy atom. The number of amides is 1. The van der Waals surface area contributed by atoms with Crippen LogP contribution in [0, 0.1) is 0 Å². The number of benzene rings is 1. The Morgan fingerprint density at radius 1 is 1.37 bits per heavy atom. The second kappa shape index (κ2) is 5.32. The Hall–Kier alpha value is -2.01. The SMILES string of the molecule is O=C(NC[C@H]1CCCO1)c1cnc2ccccc2n1. The topological polar surface area (TPSA) is 64.1 Å². The Balaban J connectivity index is 1.70. The van der Waals surface area contributed by atoms with Crippen LogP contribution in [0.5, 0.6) is 0 Å². The van der Waals surface area contributed by atoms with Gasteiger partial charge in [0, 0.05) is 13.2 Å². The molecule has 0 saturated carbocycles. The van der Waals surface area contributed by atoms with Gasteiger partial charge in [-0.2, -0.15) is 0 Å². The van der Waals surface area contributed by atoms with Gasteiger partial charge in [0.05, 0.1) is 23.3 Å². The highest BCUT2D eigenvalue weighted by Crippen LogP contribution is 2.11. The predicted molar refractivity (Wildman–Crippen MR) is 70.8 cm³/mol. The van der Waals surface area contributed by atoms with E-state index in [0.29, 0.717) is 12.2 Å². The average molecular weight is 257 g/mol. The van der Waals surface area contributed by atoms with Crippen LogP contribution in [0.2, 0.25) is 0 Å². The monoisotopic (exact) mass is 257 g/mol. The van der Waals surface area contributed by atoms with Crippen LogP contribution in [0.3, 0.4) is 0 Å². The predicted octanol–water partition coefficient (Wildman–Crippen LogP) is 1.54. The lowest BCUT2D eigenvalue weighted by Crippen LogP contribution is -2.32. The molecule has 1 amide bonds. The van der Waals surface area contributed by atoms with E-state index in [4.69, 9.17) is 4.74 Å². The zero-order valence-electron chi connectivity index (χ0n) is 10.5. The van der Waals surface area contributed by atoms with Crippen molar-refractivity contribution in [3.63, 3.8) is 0 Å². The number of ether oxygens (including phenoxy) is 1. The van der Waals surface area contributed by atoms with E-state index in [2.05, 4.69) is 15.3 Å². The summed E-state index contributed by atoms with van der Waals surface area (Å²) in [6, 6.07) is 7.49. The maximum atomic E-state index is 12.0. The molecule has 1 N–H and O–H groups in total. The van der Waals surface area contributed by atoms with Crippen LogP contribution >= 0.6 is 0 Å². The molecule has 19 heavy (non-hydrogen) atoms. The molecule has 1 aliphatic rings. The van der Waals surface area contributed by atoms with E-state index in [-0.39, 0.29) is 12.0 Å². The third-order valence-electron chi connectivity index (χ3n) is 3.20. The molecule has 2 aromatic rings. The molecule has 1 saturated heterocycles. The first-order valence-electron chi connectivity index (χ1n) is 6.44. The average Bonchev–Trinajstić information content (AvgIpc) is 2.97. The van der Waals surface area contributed by atoms with Crippen molar-refractivity contribution in [3.05, 3.63) is 36.2 Å². The molecule has 0 spiro atoms. The molecular weight excluding hydrogens is 242 g/mol. The van der Waals surface area contributed by atoms with Gasteiger partial charge in [-0.25, -0.2) is 4.98 Å². The molecule has 1 atom stereocenters. The van der Waals surface area contributed by atoms with E-state index < -0.39 is 0 Å². The third-order valence-corrected chi connectivity index (χ3v) is 3.20. The van der Waals surface area contributed by atoms with Gasteiger partial charge < -0.3 is 10.1 Å². The van der Waals surface area contributed by atoms with Gasteiger partial charge >= 0.3 is 0 Å². The quantitative estimate of drug-likeness (QED) is 0.905.